The number of amides is 1. The minimum absolute atomic E-state index is 0.00723. The summed E-state index contributed by atoms with van der Waals surface area (Å²) < 4.78 is 16.2. The van der Waals surface area contributed by atoms with Gasteiger partial charge in [0.05, 0.1) is 25.5 Å². The van der Waals surface area contributed by atoms with E-state index in [4.69, 9.17) is 13.9 Å². The summed E-state index contributed by atoms with van der Waals surface area (Å²) in [5.41, 5.74) is 1.95. The number of hydrogen-bond donors (Lipinski definition) is 1. The maximum Gasteiger partial charge on any atom is 0.311 e. The van der Waals surface area contributed by atoms with Crippen LogP contribution in [-0.2, 0) is 20.7 Å². The van der Waals surface area contributed by atoms with Crippen LogP contribution in [0.5, 0.6) is 5.75 Å². The highest BCUT2D eigenvalue weighted by molar-refractivity contribution is 6.08. The molecule has 3 aromatic carbocycles. The standard InChI is InChI=1S/C24H21NO5/c1-15(24(27)25-19-9-5-6-10-20(19)28-2)30-22(26)13-17-14-29-21-12-11-16-7-3-4-8-18(16)23(17)21/h3-12,14-15H,13H2,1-2H3,(H,25,27)/t15-/m1/s1. The molecule has 0 saturated heterocycles. The van der Waals surface area contributed by atoms with Gasteiger partial charge in [0.15, 0.2) is 6.10 Å². The third-order valence-electron chi connectivity index (χ3n) is 4.92. The molecule has 1 atom stereocenters. The molecular weight excluding hydrogens is 382 g/mol. The molecule has 1 heterocycles. The van der Waals surface area contributed by atoms with Gasteiger partial charge in [-0.3, -0.25) is 9.59 Å². The molecule has 0 saturated carbocycles. The molecule has 0 aliphatic heterocycles. The van der Waals surface area contributed by atoms with Gasteiger partial charge in [0.1, 0.15) is 11.3 Å². The monoisotopic (exact) mass is 403 g/mol. The minimum atomic E-state index is -0.961. The van der Waals surface area contributed by atoms with E-state index in [9.17, 15) is 9.59 Å². The first-order valence-corrected chi connectivity index (χ1v) is 9.58. The largest absolute Gasteiger partial charge is 0.495 e. The Kier molecular flexibility index (Phi) is 5.39. The molecular formula is C24H21NO5. The topological polar surface area (TPSA) is 77.8 Å². The number of carbonyl (C=O) groups is 2. The number of methoxy groups -OCH3 is 1. The summed E-state index contributed by atoms with van der Waals surface area (Å²) in [6.45, 7) is 1.53. The van der Waals surface area contributed by atoms with Gasteiger partial charge in [-0.1, -0.05) is 42.5 Å². The first-order chi connectivity index (χ1) is 14.6. The molecule has 1 N–H and O–H groups in total. The predicted molar refractivity (Wildman–Crippen MR) is 115 cm³/mol. The number of para-hydroxylation sites is 2. The van der Waals surface area contributed by atoms with Gasteiger partial charge < -0.3 is 19.2 Å². The molecule has 0 aliphatic carbocycles. The normalized spacial score (nSPS) is 11.9. The van der Waals surface area contributed by atoms with Crippen LogP contribution >= 0.6 is 0 Å². The second-order valence-electron chi connectivity index (χ2n) is 6.92. The van der Waals surface area contributed by atoms with E-state index < -0.39 is 18.0 Å². The predicted octanol–water partition coefficient (Wildman–Crippen LogP) is 4.71. The van der Waals surface area contributed by atoms with Crippen molar-refractivity contribution in [1.29, 1.82) is 0 Å². The molecule has 1 aromatic heterocycles. The van der Waals surface area contributed by atoms with E-state index in [-0.39, 0.29) is 6.42 Å². The highest BCUT2D eigenvalue weighted by Gasteiger charge is 2.21. The van der Waals surface area contributed by atoms with E-state index in [1.54, 1.807) is 30.5 Å². The zero-order chi connectivity index (χ0) is 21.1. The third-order valence-corrected chi connectivity index (χ3v) is 4.92. The zero-order valence-electron chi connectivity index (χ0n) is 16.7. The van der Waals surface area contributed by atoms with Gasteiger partial charge >= 0.3 is 5.97 Å². The van der Waals surface area contributed by atoms with Crippen molar-refractivity contribution in [1.82, 2.24) is 0 Å². The van der Waals surface area contributed by atoms with Gasteiger partial charge in [0.2, 0.25) is 0 Å². The van der Waals surface area contributed by atoms with E-state index in [2.05, 4.69) is 5.32 Å². The van der Waals surface area contributed by atoms with Crippen LogP contribution in [0.25, 0.3) is 21.7 Å². The Morgan fingerprint density at radius 1 is 1.03 bits per heavy atom. The minimum Gasteiger partial charge on any atom is -0.495 e. The average Bonchev–Trinajstić information content (AvgIpc) is 3.17. The summed E-state index contributed by atoms with van der Waals surface area (Å²) in [4.78, 5) is 25.0. The van der Waals surface area contributed by atoms with E-state index in [0.717, 1.165) is 21.7 Å². The second kappa shape index (κ2) is 8.29. The Bertz CT molecular complexity index is 1230. The fourth-order valence-electron chi connectivity index (χ4n) is 3.43. The molecule has 4 rings (SSSR count). The number of nitrogens with one attached hydrogen (secondary N) is 1. The van der Waals surface area contributed by atoms with Crippen LogP contribution in [0.15, 0.2) is 71.3 Å². The van der Waals surface area contributed by atoms with Gasteiger partial charge in [0.25, 0.3) is 5.91 Å². The second-order valence-corrected chi connectivity index (χ2v) is 6.92. The van der Waals surface area contributed by atoms with Crippen molar-refractivity contribution in [2.24, 2.45) is 0 Å². The van der Waals surface area contributed by atoms with Gasteiger partial charge in [0, 0.05) is 10.9 Å². The lowest BCUT2D eigenvalue weighted by Crippen LogP contribution is -2.30. The van der Waals surface area contributed by atoms with Crippen molar-refractivity contribution in [2.45, 2.75) is 19.4 Å². The van der Waals surface area contributed by atoms with Crippen molar-refractivity contribution in [3.63, 3.8) is 0 Å². The third kappa shape index (κ3) is 3.85. The Hall–Kier alpha value is -3.80. The van der Waals surface area contributed by atoms with Crippen LogP contribution < -0.4 is 10.1 Å². The summed E-state index contributed by atoms with van der Waals surface area (Å²) in [5.74, 6) is -0.412. The Labute approximate surface area is 173 Å². The maximum atomic E-state index is 12.5. The van der Waals surface area contributed by atoms with Crippen LogP contribution in [0, 0.1) is 0 Å². The molecule has 0 aliphatic rings. The van der Waals surface area contributed by atoms with Gasteiger partial charge in [-0.2, -0.15) is 0 Å². The van der Waals surface area contributed by atoms with E-state index in [1.165, 1.54) is 14.0 Å². The molecule has 0 unspecified atom stereocenters. The first kappa shape index (κ1) is 19.5. The van der Waals surface area contributed by atoms with Gasteiger partial charge in [-0.25, -0.2) is 0 Å². The lowest BCUT2D eigenvalue weighted by atomic mass is 10.0. The number of ether oxygens (including phenoxy) is 2. The summed E-state index contributed by atoms with van der Waals surface area (Å²) in [6.07, 6.45) is 0.614. The molecule has 6 heteroatoms. The molecule has 0 fully saturated rings. The number of anilines is 1. The quantitative estimate of drug-likeness (QED) is 0.472. The molecule has 1 amide bonds. The molecule has 4 aromatic rings. The van der Waals surface area contributed by atoms with Gasteiger partial charge in [-0.15, -0.1) is 0 Å². The number of benzene rings is 3. The van der Waals surface area contributed by atoms with Crippen LogP contribution in [0.4, 0.5) is 5.69 Å². The number of hydrogen-bond acceptors (Lipinski definition) is 5. The van der Waals surface area contributed by atoms with Crippen LogP contribution in [-0.4, -0.2) is 25.1 Å². The average molecular weight is 403 g/mol. The van der Waals surface area contributed by atoms with Crippen molar-refractivity contribution in [2.75, 3.05) is 12.4 Å². The highest BCUT2D eigenvalue weighted by atomic mass is 16.5. The van der Waals surface area contributed by atoms with Crippen molar-refractivity contribution in [3.05, 3.63) is 72.5 Å². The van der Waals surface area contributed by atoms with Crippen molar-refractivity contribution >= 4 is 39.3 Å². The van der Waals surface area contributed by atoms with E-state index in [0.29, 0.717) is 17.0 Å². The van der Waals surface area contributed by atoms with E-state index in [1.807, 2.05) is 36.4 Å². The fraction of sp³-hybridized carbons (Fsp3) is 0.167. The molecule has 0 bridgehead atoms. The lowest BCUT2D eigenvalue weighted by Gasteiger charge is -2.15. The Balaban J connectivity index is 1.47. The van der Waals surface area contributed by atoms with Crippen LogP contribution in [0.2, 0.25) is 0 Å². The first-order valence-electron chi connectivity index (χ1n) is 9.58. The Morgan fingerprint density at radius 2 is 1.80 bits per heavy atom. The maximum absolute atomic E-state index is 12.5. The summed E-state index contributed by atoms with van der Waals surface area (Å²) in [5, 5.41) is 5.67. The molecule has 152 valence electrons. The number of carbonyl (C=O) groups excluding carboxylic acids is 2. The van der Waals surface area contributed by atoms with Crippen LogP contribution in [0.3, 0.4) is 0 Å². The summed E-state index contributed by atoms with van der Waals surface area (Å²) in [6, 6.07) is 18.8. The molecule has 6 nitrogen and oxygen atoms in total. The fourth-order valence-corrected chi connectivity index (χ4v) is 3.43. The smallest absolute Gasteiger partial charge is 0.311 e. The summed E-state index contributed by atoms with van der Waals surface area (Å²) >= 11 is 0. The Morgan fingerprint density at radius 3 is 2.63 bits per heavy atom. The SMILES string of the molecule is COc1ccccc1NC(=O)[C@@H](C)OC(=O)Cc1coc2ccc3ccccc3c12. The molecule has 0 radical (unpaired) electrons. The van der Waals surface area contributed by atoms with Crippen LogP contribution in [0.1, 0.15) is 12.5 Å². The molecule has 30 heavy (non-hydrogen) atoms. The summed E-state index contributed by atoms with van der Waals surface area (Å²) in [7, 11) is 1.52. The number of furan rings is 1. The number of esters is 1. The number of rotatable bonds is 6. The van der Waals surface area contributed by atoms with Crippen molar-refractivity contribution in [3.8, 4) is 5.75 Å². The van der Waals surface area contributed by atoms with Gasteiger partial charge in [-0.05, 0) is 35.9 Å². The van der Waals surface area contributed by atoms with E-state index >= 15 is 0 Å². The molecule has 0 spiro atoms. The number of fused-ring (bicyclic) bond motifs is 3. The zero-order valence-corrected chi connectivity index (χ0v) is 16.7. The lowest BCUT2D eigenvalue weighted by molar-refractivity contribution is -0.152. The highest BCUT2D eigenvalue weighted by Crippen LogP contribution is 2.30. The van der Waals surface area contributed by atoms with Crippen molar-refractivity contribution < 1.29 is 23.5 Å².